The molecule has 0 fully saturated rings. The Bertz CT molecular complexity index is 556. The largest absolute Gasteiger partial charge is 0.385 e. The van der Waals surface area contributed by atoms with E-state index in [-0.39, 0.29) is 0 Å². The number of methoxy groups -OCH3 is 1. The van der Waals surface area contributed by atoms with Crippen LogP contribution in [0, 0.1) is 0 Å². The van der Waals surface area contributed by atoms with Crippen LogP contribution in [-0.4, -0.2) is 39.9 Å². The van der Waals surface area contributed by atoms with Gasteiger partial charge in [0.15, 0.2) is 5.65 Å². The Morgan fingerprint density at radius 2 is 2.24 bits per heavy atom. The summed E-state index contributed by atoms with van der Waals surface area (Å²) in [6, 6.07) is 1.89. The summed E-state index contributed by atoms with van der Waals surface area (Å²) in [5.74, 6) is 0. The van der Waals surface area contributed by atoms with Gasteiger partial charge in [0.25, 0.3) is 0 Å². The Morgan fingerprint density at radius 1 is 1.38 bits per heavy atom. The minimum absolute atomic E-state index is 0.688. The van der Waals surface area contributed by atoms with Gasteiger partial charge in [0.2, 0.25) is 0 Å². The molecule has 2 rings (SSSR count). The Labute approximate surface area is 125 Å². The molecule has 0 aliphatic heterocycles. The van der Waals surface area contributed by atoms with Crippen molar-refractivity contribution in [3.8, 4) is 0 Å². The maximum Gasteiger partial charge on any atom is 0.159 e. The summed E-state index contributed by atoms with van der Waals surface area (Å²) in [4.78, 5) is 8.79. The van der Waals surface area contributed by atoms with Crippen LogP contribution >= 0.6 is 0 Å². The Kier molecular flexibility index (Phi) is 6.10. The van der Waals surface area contributed by atoms with Crippen LogP contribution in [0.5, 0.6) is 0 Å². The molecule has 0 radical (unpaired) electrons. The van der Waals surface area contributed by atoms with Crippen molar-refractivity contribution in [3.05, 3.63) is 24.2 Å². The number of nitrogens with zero attached hydrogens (tertiary/aromatic N) is 3. The SMILES string of the molecule is CCCCNC(O)c1cnc2c(c1)ncn2CCCOC. The van der Waals surface area contributed by atoms with Crippen LogP contribution in [0.4, 0.5) is 0 Å². The molecule has 0 amide bonds. The van der Waals surface area contributed by atoms with Gasteiger partial charge in [0.1, 0.15) is 11.7 Å². The van der Waals surface area contributed by atoms with Gasteiger partial charge in [-0.15, -0.1) is 0 Å². The lowest BCUT2D eigenvalue weighted by Crippen LogP contribution is -2.22. The average Bonchev–Trinajstić information content (AvgIpc) is 2.90. The van der Waals surface area contributed by atoms with E-state index < -0.39 is 6.23 Å². The normalized spacial score (nSPS) is 12.9. The molecule has 2 aromatic rings. The van der Waals surface area contributed by atoms with Gasteiger partial charge in [-0.1, -0.05) is 13.3 Å². The van der Waals surface area contributed by atoms with E-state index in [1.807, 2.05) is 10.6 Å². The number of aliphatic hydroxyl groups is 1. The zero-order valence-electron chi connectivity index (χ0n) is 12.7. The lowest BCUT2D eigenvalue weighted by atomic mass is 10.2. The third-order valence-electron chi connectivity index (χ3n) is 3.41. The molecule has 2 N–H and O–H groups in total. The quantitative estimate of drug-likeness (QED) is 0.545. The molecule has 0 spiro atoms. The Morgan fingerprint density at radius 3 is 3.00 bits per heavy atom. The van der Waals surface area contributed by atoms with Crippen LogP contribution < -0.4 is 5.32 Å². The predicted molar refractivity (Wildman–Crippen MR) is 81.9 cm³/mol. The van der Waals surface area contributed by atoms with Crippen molar-refractivity contribution >= 4 is 11.2 Å². The fourth-order valence-electron chi connectivity index (χ4n) is 2.19. The third-order valence-corrected chi connectivity index (χ3v) is 3.41. The smallest absolute Gasteiger partial charge is 0.159 e. The number of hydrogen-bond donors (Lipinski definition) is 2. The average molecular weight is 292 g/mol. The molecule has 0 aromatic carbocycles. The van der Waals surface area contributed by atoms with E-state index in [0.29, 0.717) is 0 Å². The number of rotatable bonds is 9. The predicted octanol–water partition coefficient (Wildman–Crippen LogP) is 1.85. The van der Waals surface area contributed by atoms with Gasteiger partial charge in [0, 0.05) is 32.0 Å². The first-order valence-corrected chi connectivity index (χ1v) is 7.47. The van der Waals surface area contributed by atoms with E-state index in [1.165, 1.54) is 0 Å². The van der Waals surface area contributed by atoms with Crippen LogP contribution in [0.3, 0.4) is 0 Å². The minimum atomic E-state index is -0.688. The fourth-order valence-corrected chi connectivity index (χ4v) is 2.19. The van der Waals surface area contributed by atoms with Gasteiger partial charge in [0.05, 0.1) is 6.33 Å². The van der Waals surface area contributed by atoms with Crippen LogP contribution in [0.2, 0.25) is 0 Å². The standard InChI is InChI=1S/C15H24N4O2/c1-3-4-6-16-15(20)12-9-13-14(17-10-12)19(11-18-13)7-5-8-21-2/h9-11,15-16,20H,3-8H2,1-2H3. The van der Waals surface area contributed by atoms with Crippen molar-refractivity contribution in [1.29, 1.82) is 0 Å². The van der Waals surface area contributed by atoms with Crippen molar-refractivity contribution in [2.75, 3.05) is 20.3 Å². The summed E-state index contributed by atoms with van der Waals surface area (Å²) in [5, 5.41) is 13.2. The first-order chi connectivity index (χ1) is 10.3. The molecule has 0 aliphatic carbocycles. The highest BCUT2D eigenvalue weighted by Crippen LogP contribution is 2.16. The zero-order chi connectivity index (χ0) is 15.1. The summed E-state index contributed by atoms with van der Waals surface area (Å²) < 4.78 is 7.06. The molecule has 0 bridgehead atoms. The van der Waals surface area contributed by atoms with Crippen molar-refractivity contribution in [2.45, 2.75) is 39.0 Å². The van der Waals surface area contributed by atoms with Crippen LogP contribution in [0.1, 0.15) is 38.0 Å². The summed E-state index contributed by atoms with van der Waals surface area (Å²) in [7, 11) is 1.70. The number of nitrogens with one attached hydrogen (secondary N) is 1. The van der Waals surface area contributed by atoms with Crippen molar-refractivity contribution in [1.82, 2.24) is 19.9 Å². The second kappa shape index (κ2) is 8.07. The van der Waals surface area contributed by atoms with E-state index in [9.17, 15) is 5.11 Å². The molecule has 6 nitrogen and oxygen atoms in total. The van der Waals surface area contributed by atoms with Gasteiger partial charge in [-0.2, -0.15) is 0 Å². The monoisotopic (exact) mass is 292 g/mol. The number of aromatic nitrogens is 3. The molecule has 2 heterocycles. The lowest BCUT2D eigenvalue weighted by molar-refractivity contribution is 0.138. The highest BCUT2D eigenvalue weighted by Gasteiger charge is 2.10. The van der Waals surface area contributed by atoms with Gasteiger partial charge < -0.3 is 14.4 Å². The Hall–Kier alpha value is -1.50. The molecule has 0 saturated carbocycles. The van der Waals surface area contributed by atoms with Gasteiger partial charge in [-0.3, -0.25) is 5.32 Å². The Balaban J connectivity index is 2.04. The van der Waals surface area contributed by atoms with E-state index >= 15 is 0 Å². The second-order valence-corrected chi connectivity index (χ2v) is 5.11. The number of imidazole rings is 1. The minimum Gasteiger partial charge on any atom is -0.385 e. The lowest BCUT2D eigenvalue weighted by Gasteiger charge is -2.12. The molecule has 0 saturated heterocycles. The molecule has 1 atom stereocenters. The highest BCUT2D eigenvalue weighted by molar-refractivity contribution is 5.71. The number of pyridine rings is 1. The second-order valence-electron chi connectivity index (χ2n) is 5.11. The number of aryl methyl sites for hydroxylation is 1. The topological polar surface area (TPSA) is 72.2 Å². The number of hydrogen-bond acceptors (Lipinski definition) is 5. The first-order valence-electron chi connectivity index (χ1n) is 7.47. The molecule has 0 aliphatic rings. The molecule has 1 unspecified atom stereocenters. The van der Waals surface area contributed by atoms with E-state index in [2.05, 4.69) is 22.2 Å². The van der Waals surface area contributed by atoms with Gasteiger partial charge >= 0.3 is 0 Å². The summed E-state index contributed by atoms with van der Waals surface area (Å²) in [6.07, 6.45) is 5.87. The molecule has 2 aromatic heterocycles. The van der Waals surface area contributed by atoms with E-state index in [1.54, 1.807) is 19.6 Å². The van der Waals surface area contributed by atoms with E-state index in [0.717, 1.165) is 55.7 Å². The van der Waals surface area contributed by atoms with Crippen LogP contribution in [0.15, 0.2) is 18.6 Å². The third kappa shape index (κ3) is 4.23. The van der Waals surface area contributed by atoms with Crippen LogP contribution in [0.25, 0.3) is 11.2 Å². The highest BCUT2D eigenvalue weighted by atomic mass is 16.5. The van der Waals surface area contributed by atoms with Crippen molar-refractivity contribution < 1.29 is 9.84 Å². The molecule has 21 heavy (non-hydrogen) atoms. The summed E-state index contributed by atoms with van der Waals surface area (Å²) in [5.41, 5.74) is 2.40. The van der Waals surface area contributed by atoms with Gasteiger partial charge in [-0.05, 0) is 25.5 Å². The van der Waals surface area contributed by atoms with Crippen molar-refractivity contribution in [2.24, 2.45) is 0 Å². The maximum atomic E-state index is 10.1. The number of aliphatic hydroxyl groups excluding tert-OH is 1. The van der Waals surface area contributed by atoms with Crippen LogP contribution in [-0.2, 0) is 11.3 Å². The summed E-state index contributed by atoms with van der Waals surface area (Å²) in [6.45, 7) is 4.46. The summed E-state index contributed by atoms with van der Waals surface area (Å²) >= 11 is 0. The number of unbranched alkanes of at least 4 members (excludes halogenated alkanes) is 1. The fraction of sp³-hybridized carbons (Fsp3) is 0.600. The number of fused-ring (bicyclic) bond motifs is 1. The van der Waals surface area contributed by atoms with Crippen molar-refractivity contribution in [3.63, 3.8) is 0 Å². The molecular weight excluding hydrogens is 268 g/mol. The first kappa shape index (κ1) is 15.9. The maximum absolute atomic E-state index is 10.1. The molecule has 6 heteroatoms. The van der Waals surface area contributed by atoms with Gasteiger partial charge in [-0.25, -0.2) is 9.97 Å². The molecule has 116 valence electrons. The molecular formula is C15H24N4O2. The zero-order valence-corrected chi connectivity index (χ0v) is 12.7. The number of ether oxygens (including phenoxy) is 1. The van der Waals surface area contributed by atoms with E-state index in [4.69, 9.17) is 4.74 Å².